The summed E-state index contributed by atoms with van der Waals surface area (Å²) in [4.78, 5) is 28.2. The molecule has 0 saturated carbocycles. The van der Waals surface area contributed by atoms with Crippen LogP contribution in [0.5, 0.6) is 0 Å². The van der Waals surface area contributed by atoms with Gasteiger partial charge in [-0.1, -0.05) is 6.07 Å². The average Bonchev–Trinajstić information content (AvgIpc) is 3.26. The first kappa shape index (κ1) is 20.2. The SMILES string of the molecule is CNC(=O)CCNC(=O)c1cnc2ccc(-c3cn[nH]c3)cc2c1NCC(F)F. The number of nitrogens with one attached hydrogen (secondary N) is 4. The number of rotatable bonds is 8. The summed E-state index contributed by atoms with van der Waals surface area (Å²) in [6, 6.07) is 5.35. The zero-order chi connectivity index (χ0) is 20.8. The highest BCUT2D eigenvalue weighted by Gasteiger charge is 2.17. The van der Waals surface area contributed by atoms with Crippen LogP contribution in [0.1, 0.15) is 16.8 Å². The van der Waals surface area contributed by atoms with Crippen LogP contribution in [0.3, 0.4) is 0 Å². The van der Waals surface area contributed by atoms with E-state index in [0.29, 0.717) is 10.9 Å². The lowest BCUT2D eigenvalue weighted by Crippen LogP contribution is -2.30. The predicted molar refractivity (Wildman–Crippen MR) is 105 cm³/mol. The van der Waals surface area contributed by atoms with Gasteiger partial charge < -0.3 is 16.0 Å². The molecule has 2 aromatic heterocycles. The smallest absolute Gasteiger partial charge is 0.255 e. The average molecular weight is 402 g/mol. The Kier molecular flexibility index (Phi) is 6.32. The van der Waals surface area contributed by atoms with Gasteiger partial charge in [0.25, 0.3) is 12.3 Å². The second-order valence-electron chi connectivity index (χ2n) is 6.22. The number of pyridine rings is 1. The van der Waals surface area contributed by atoms with Crippen molar-refractivity contribution in [1.82, 2.24) is 25.8 Å². The van der Waals surface area contributed by atoms with Crippen molar-refractivity contribution in [3.8, 4) is 11.1 Å². The first-order valence-electron chi connectivity index (χ1n) is 8.92. The van der Waals surface area contributed by atoms with Crippen LogP contribution in [0.25, 0.3) is 22.0 Å². The molecule has 1 aromatic carbocycles. The Morgan fingerprint density at radius 1 is 1.21 bits per heavy atom. The summed E-state index contributed by atoms with van der Waals surface area (Å²) < 4.78 is 25.7. The largest absolute Gasteiger partial charge is 0.378 e. The summed E-state index contributed by atoms with van der Waals surface area (Å²) in [6.45, 7) is -0.506. The maximum Gasteiger partial charge on any atom is 0.255 e. The van der Waals surface area contributed by atoms with E-state index in [1.807, 2.05) is 6.07 Å². The van der Waals surface area contributed by atoms with Crippen molar-refractivity contribution in [3.63, 3.8) is 0 Å². The van der Waals surface area contributed by atoms with Gasteiger partial charge in [-0.05, 0) is 17.7 Å². The Labute approximate surface area is 165 Å². The lowest BCUT2D eigenvalue weighted by molar-refractivity contribution is -0.120. The minimum Gasteiger partial charge on any atom is -0.378 e. The quantitative estimate of drug-likeness (QED) is 0.461. The summed E-state index contributed by atoms with van der Waals surface area (Å²) in [7, 11) is 1.50. The second kappa shape index (κ2) is 9.09. The third-order valence-corrected chi connectivity index (χ3v) is 4.29. The highest BCUT2D eigenvalue weighted by atomic mass is 19.3. The molecule has 0 atom stereocenters. The number of anilines is 1. The second-order valence-corrected chi connectivity index (χ2v) is 6.22. The molecule has 10 heteroatoms. The number of H-pyrrole nitrogens is 1. The van der Waals surface area contributed by atoms with E-state index in [2.05, 4.69) is 31.1 Å². The van der Waals surface area contributed by atoms with Crippen LogP contribution in [0, 0.1) is 0 Å². The third kappa shape index (κ3) is 4.84. The van der Waals surface area contributed by atoms with E-state index < -0.39 is 18.9 Å². The highest BCUT2D eigenvalue weighted by Crippen LogP contribution is 2.30. The molecule has 29 heavy (non-hydrogen) atoms. The Balaban J connectivity index is 1.97. The molecule has 3 rings (SSSR count). The zero-order valence-electron chi connectivity index (χ0n) is 15.6. The lowest BCUT2D eigenvalue weighted by atomic mass is 10.0. The van der Waals surface area contributed by atoms with Crippen molar-refractivity contribution in [2.45, 2.75) is 12.8 Å². The van der Waals surface area contributed by atoms with Crippen LogP contribution < -0.4 is 16.0 Å². The number of carbonyl (C=O) groups excluding carboxylic acids is 2. The van der Waals surface area contributed by atoms with E-state index in [-0.39, 0.29) is 30.1 Å². The molecular formula is C19H20F2N6O2. The van der Waals surface area contributed by atoms with Gasteiger partial charge in [0.2, 0.25) is 5.91 Å². The number of aromatic nitrogens is 3. The number of nitrogens with zero attached hydrogens (tertiary/aromatic N) is 2. The summed E-state index contributed by atoms with van der Waals surface area (Å²) >= 11 is 0. The molecule has 2 amide bonds. The number of alkyl halides is 2. The van der Waals surface area contributed by atoms with E-state index in [0.717, 1.165) is 11.1 Å². The predicted octanol–water partition coefficient (Wildman–Crippen LogP) is 2.17. The minimum atomic E-state index is -2.60. The van der Waals surface area contributed by atoms with Crippen LogP contribution in [-0.4, -0.2) is 53.6 Å². The molecule has 0 spiro atoms. The zero-order valence-corrected chi connectivity index (χ0v) is 15.6. The topological polar surface area (TPSA) is 112 Å². The standard InChI is InChI=1S/C19H20F2N6O2/c1-22-17(28)4-5-23-19(29)14-9-24-15-3-2-11(12-7-26-27-8-12)6-13(15)18(14)25-10-16(20)21/h2-3,6-9,16H,4-5,10H2,1H3,(H,22,28)(H,23,29)(H,24,25)(H,26,27). The molecule has 152 valence electrons. The molecule has 0 saturated heterocycles. The fourth-order valence-electron chi connectivity index (χ4n) is 2.83. The van der Waals surface area contributed by atoms with Gasteiger partial charge in [0.1, 0.15) is 0 Å². The first-order chi connectivity index (χ1) is 14.0. The molecule has 0 fully saturated rings. The van der Waals surface area contributed by atoms with Crippen LogP contribution in [0.15, 0.2) is 36.8 Å². The van der Waals surface area contributed by atoms with Gasteiger partial charge in [-0.25, -0.2) is 8.78 Å². The Morgan fingerprint density at radius 3 is 2.72 bits per heavy atom. The number of hydrogen-bond donors (Lipinski definition) is 4. The Hall–Kier alpha value is -3.56. The van der Waals surface area contributed by atoms with Crippen molar-refractivity contribution >= 4 is 28.4 Å². The van der Waals surface area contributed by atoms with Crippen molar-refractivity contribution in [3.05, 3.63) is 42.4 Å². The van der Waals surface area contributed by atoms with Crippen LogP contribution in [-0.2, 0) is 4.79 Å². The molecule has 3 aromatic rings. The van der Waals surface area contributed by atoms with Crippen LogP contribution in [0.4, 0.5) is 14.5 Å². The van der Waals surface area contributed by atoms with Gasteiger partial charge in [-0.2, -0.15) is 5.10 Å². The monoisotopic (exact) mass is 402 g/mol. The van der Waals surface area contributed by atoms with Gasteiger partial charge in [-0.3, -0.25) is 19.7 Å². The van der Waals surface area contributed by atoms with E-state index in [1.165, 1.54) is 13.2 Å². The van der Waals surface area contributed by atoms with Crippen molar-refractivity contribution < 1.29 is 18.4 Å². The molecule has 0 aliphatic carbocycles. The molecular weight excluding hydrogens is 382 g/mol. The van der Waals surface area contributed by atoms with Crippen LogP contribution >= 0.6 is 0 Å². The highest BCUT2D eigenvalue weighted by molar-refractivity contribution is 6.07. The molecule has 0 aliphatic rings. The molecule has 2 heterocycles. The number of carbonyl (C=O) groups is 2. The summed E-state index contributed by atoms with van der Waals surface area (Å²) in [6.07, 6.45) is 2.18. The number of aromatic amines is 1. The number of amides is 2. The number of benzene rings is 1. The fraction of sp³-hybridized carbons (Fsp3) is 0.263. The number of hydrogen-bond acceptors (Lipinski definition) is 5. The third-order valence-electron chi connectivity index (χ3n) is 4.29. The first-order valence-corrected chi connectivity index (χ1v) is 8.92. The van der Waals surface area contributed by atoms with Gasteiger partial charge in [0.05, 0.1) is 29.5 Å². The van der Waals surface area contributed by atoms with E-state index in [1.54, 1.807) is 24.5 Å². The number of fused-ring (bicyclic) bond motifs is 1. The van der Waals surface area contributed by atoms with Gasteiger partial charge in [-0.15, -0.1) is 0 Å². The fourth-order valence-corrected chi connectivity index (χ4v) is 2.83. The van der Waals surface area contributed by atoms with E-state index >= 15 is 0 Å². The van der Waals surface area contributed by atoms with Gasteiger partial charge in [0, 0.05) is 43.4 Å². The normalized spacial score (nSPS) is 10.9. The molecule has 0 bridgehead atoms. The molecule has 0 aliphatic heterocycles. The van der Waals surface area contributed by atoms with Gasteiger partial charge in [0.15, 0.2) is 0 Å². The van der Waals surface area contributed by atoms with Crippen molar-refractivity contribution in [2.75, 3.05) is 25.5 Å². The van der Waals surface area contributed by atoms with Crippen molar-refractivity contribution in [2.24, 2.45) is 0 Å². The van der Waals surface area contributed by atoms with Gasteiger partial charge >= 0.3 is 0 Å². The maximum absolute atomic E-state index is 12.9. The van der Waals surface area contributed by atoms with Crippen molar-refractivity contribution in [1.29, 1.82) is 0 Å². The summed E-state index contributed by atoms with van der Waals surface area (Å²) in [5.74, 6) is -0.725. The maximum atomic E-state index is 12.9. The summed E-state index contributed by atoms with van der Waals surface area (Å²) in [5.41, 5.74) is 2.55. The lowest BCUT2D eigenvalue weighted by Gasteiger charge is -2.15. The molecule has 0 unspecified atom stereocenters. The van der Waals surface area contributed by atoms with E-state index in [4.69, 9.17) is 0 Å². The van der Waals surface area contributed by atoms with Crippen LogP contribution in [0.2, 0.25) is 0 Å². The minimum absolute atomic E-state index is 0.105. The molecule has 0 radical (unpaired) electrons. The van der Waals surface area contributed by atoms with E-state index in [9.17, 15) is 18.4 Å². The Morgan fingerprint density at radius 2 is 2.03 bits per heavy atom. The summed E-state index contributed by atoms with van der Waals surface area (Å²) in [5, 5.41) is 14.9. The Bertz CT molecular complexity index is 1010. The molecule has 8 nitrogen and oxygen atoms in total. The number of halogens is 2. The molecule has 4 N–H and O–H groups in total.